The van der Waals surface area contributed by atoms with Gasteiger partial charge in [-0.25, -0.2) is 4.98 Å². The first-order chi connectivity index (χ1) is 6.75. The van der Waals surface area contributed by atoms with Crippen LogP contribution in [0.15, 0.2) is 6.20 Å². The molecule has 14 heavy (non-hydrogen) atoms. The summed E-state index contributed by atoms with van der Waals surface area (Å²) in [7, 11) is 0. The van der Waals surface area contributed by atoms with Crippen LogP contribution in [-0.2, 0) is 6.54 Å². The molecule has 1 fully saturated rings. The highest BCUT2D eigenvalue weighted by Gasteiger charge is 2.20. The van der Waals surface area contributed by atoms with E-state index in [1.54, 1.807) is 0 Å². The lowest BCUT2D eigenvalue weighted by molar-refractivity contribution is 0.621. The van der Waals surface area contributed by atoms with Gasteiger partial charge >= 0.3 is 0 Å². The lowest BCUT2D eigenvalue weighted by Gasteiger charge is -2.01. The monoisotopic (exact) mass is 193 g/mol. The standard InChI is InChI=1S/C11H19N3/c1-8(2)10-6-13-11(14-10)7-12-5-9-3-4-9/h6,8-9,12H,3-5,7H2,1-2H3,(H,13,14). The van der Waals surface area contributed by atoms with E-state index in [0.29, 0.717) is 5.92 Å². The predicted octanol–water partition coefficient (Wildman–Crippen LogP) is 2.03. The van der Waals surface area contributed by atoms with Crippen LogP contribution in [0.3, 0.4) is 0 Å². The minimum absolute atomic E-state index is 0.541. The van der Waals surface area contributed by atoms with Crippen molar-refractivity contribution in [1.82, 2.24) is 15.3 Å². The molecule has 3 nitrogen and oxygen atoms in total. The van der Waals surface area contributed by atoms with Crippen molar-refractivity contribution >= 4 is 0 Å². The molecule has 0 radical (unpaired) electrons. The van der Waals surface area contributed by atoms with E-state index >= 15 is 0 Å². The molecule has 0 spiro atoms. The first kappa shape index (κ1) is 9.71. The molecule has 3 heteroatoms. The fourth-order valence-electron chi connectivity index (χ4n) is 1.48. The quantitative estimate of drug-likeness (QED) is 0.751. The van der Waals surface area contributed by atoms with Gasteiger partial charge in [0.25, 0.3) is 0 Å². The molecule has 78 valence electrons. The molecule has 0 saturated heterocycles. The molecule has 0 aliphatic heterocycles. The topological polar surface area (TPSA) is 40.7 Å². The normalized spacial score (nSPS) is 16.5. The maximum atomic E-state index is 4.34. The molecule has 1 aliphatic carbocycles. The first-order valence-corrected chi connectivity index (χ1v) is 5.50. The van der Waals surface area contributed by atoms with E-state index in [9.17, 15) is 0 Å². The Hall–Kier alpha value is -0.830. The lowest BCUT2D eigenvalue weighted by Crippen LogP contribution is -2.16. The van der Waals surface area contributed by atoms with Crippen LogP contribution in [0.4, 0.5) is 0 Å². The predicted molar refractivity (Wildman–Crippen MR) is 57.1 cm³/mol. The van der Waals surface area contributed by atoms with Crippen molar-refractivity contribution in [2.45, 2.75) is 39.2 Å². The summed E-state index contributed by atoms with van der Waals surface area (Å²) in [4.78, 5) is 7.67. The van der Waals surface area contributed by atoms with Gasteiger partial charge in [-0.05, 0) is 31.2 Å². The SMILES string of the molecule is CC(C)c1cnc(CNCC2CC2)[nH]1. The third kappa shape index (κ3) is 2.58. The first-order valence-electron chi connectivity index (χ1n) is 5.50. The smallest absolute Gasteiger partial charge is 0.120 e. The Bertz CT molecular complexity index is 286. The van der Waals surface area contributed by atoms with E-state index in [0.717, 1.165) is 24.8 Å². The van der Waals surface area contributed by atoms with Crippen LogP contribution in [0.2, 0.25) is 0 Å². The van der Waals surface area contributed by atoms with Crippen LogP contribution >= 0.6 is 0 Å². The zero-order valence-electron chi connectivity index (χ0n) is 9.01. The fourth-order valence-corrected chi connectivity index (χ4v) is 1.48. The Labute approximate surface area is 85.3 Å². The van der Waals surface area contributed by atoms with E-state index in [2.05, 4.69) is 29.1 Å². The summed E-state index contributed by atoms with van der Waals surface area (Å²) in [6.07, 6.45) is 4.75. The summed E-state index contributed by atoms with van der Waals surface area (Å²) in [6, 6.07) is 0. The van der Waals surface area contributed by atoms with Crippen LogP contribution in [0, 0.1) is 5.92 Å². The summed E-state index contributed by atoms with van der Waals surface area (Å²) in [5.74, 6) is 2.54. The van der Waals surface area contributed by atoms with Crippen molar-refractivity contribution in [1.29, 1.82) is 0 Å². The van der Waals surface area contributed by atoms with Crippen molar-refractivity contribution in [2.75, 3.05) is 6.54 Å². The van der Waals surface area contributed by atoms with Gasteiger partial charge in [0.15, 0.2) is 0 Å². The van der Waals surface area contributed by atoms with Crippen molar-refractivity contribution in [3.63, 3.8) is 0 Å². The number of H-pyrrole nitrogens is 1. The number of aromatic nitrogens is 2. The molecule has 0 atom stereocenters. The van der Waals surface area contributed by atoms with Gasteiger partial charge in [0.05, 0.1) is 6.54 Å². The summed E-state index contributed by atoms with van der Waals surface area (Å²) in [6.45, 7) is 6.38. The average Bonchev–Trinajstić information content (AvgIpc) is 2.82. The van der Waals surface area contributed by atoms with Crippen LogP contribution in [-0.4, -0.2) is 16.5 Å². The highest BCUT2D eigenvalue weighted by Crippen LogP contribution is 2.27. The average molecular weight is 193 g/mol. The highest BCUT2D eigenvalue weighted by atomic mass is 15.0. The highest BCUT2D eigenvalue weighted by molar-refractivity contribution is 5.05. The lowest BCUT2D eigenvalue weighted by atomic mass is 10.2. The van der Waals surface area contributed by atoms with Crippen molar-refractivity contribution in [3.05, 3.63) is 17.7 Å². The minimum atomic E-state index is 0.541. The largest absolute Gasteiger partial charge is 0.345 e. The number of hydrogen-bond acceptors (Lipinski definition) is 2. The second kappa shape index (κ2) is 4.13. The van der Waals surface area contributed by atoms with E-state index in [1.165, 1.54) is 18.5 Å². The van der Waals surface area contributed by atoms with Crippen LogP contribution < -0.4 is 5.32 Å². The molecule has 0 amide bonds. The summed E-state index contributed by atoms with van der Waals surface area (Å²) < 4.78 is 0. The van der Waals surface area contributed by atoms with Gasteiger partial charge in [0.1, 0.15) is 5.82 Å². The Balaban J connectivity index is 1.77. The van der Waals surface area contributed by atoms with Gasteiger partial charge in [0.2, 0.25) is 0 Å². The molecule has 0 bridgehead atoms. The molecular formula is C11H19N3. The van der Waals surface area contributed by atoms with Crippen molar-refractivity contribution < 1.29 is 0 Å². The maximum Gasteiger partial charge on any atom is 0.120 e. The third-order valence-electron chi connectivity index (χ3n) is 2.69. The van der Waals surface area contributed by atoms with Crippen LogP contribution in [0.25, 0.3) is 0 Å². The Morgan fingerprint density at radius 1 is 1.57 bits per heavy atom. The van der Waals surface area contributed by atoms with Gasteiger partial charge in [-0.15, -0.1) is 0 Å². The van der Waals surface area contributed by atoms with Gasteiger partial charge in [-0.1, -0.05) is 13.8 Å². The number of nitrogens with one attached hydrogen (secondary N) is 2. The minimum Gasteiger partial charge on any atom is -0.345 e. The molecule has 1 heterocycles. The number of aromatic amines is 1. The summed E-state index contributed by atoms with van der Waals surface area (Å²) >= 11 is 0. The van der Waals surface area contributed by atoms with Crippen LogP contribution in [0.5, 0.6) is 0 Å². The Morgan fingerprint density at radius 2 is 2.36 bits per heavy atom. The fraction of sp³-hybridized carbons (Fsp3) is 0.727. The van der Waals surface area contributed by atoms with Gasteiger partial charge in [0, 0.05) is 11.9 Å². The summed E-state index contributed by atoms with van der Waals surface area (Å²) in [5.41, 5.74) is 1.23. The van der Waals surface area contributed by atoms with Gasteiger partial charge in [-0.3, -0.25) is 0 Å². The maximum absolute atomic E-state index is 4.34. The third-order valence-corrected chi connectivity index (χ3v) is 2.69. The van der Waals surface area contributed by atoms with Crippen LogP contribution in [0.1, 0.15) is 44.1 Å². The summed E-state index contributed by atoms with van der Waals surface area (Å²) in [5, 5.41) is 3.42. The van der Waals surface area contributed by atoms with E-state index in [-0.39, 0.29) is 0 Å². The molecular weight excluding hydrogens is 174 g/mol. The molecule has 1 saturated carbocycles. The van der Waals surface area contributed by atoms with Gasteiger partial charge in [-0.2, -0.15) is 0 Å². The molecule has 2 N–H and O–H groups in total. The molecule has 0 aromatic carbocycles. The zero-order valence-corrected chi connectivity index (χ0v) is 9.01. The molecule has 0 unspecified atom stereocenters. The Kier molecular flexibility index (Phi) is 2.87. The Morgan fingerprint density at radius 3 is 2.93 bits per heavy atom. The second-order valence-corrected chi connectivity index (χ2v) is 4.51. The number of rotatable bonds is 5. The molecule has 2 rings (SSSR count). The molecule has 1 aromatic heterocycles. The van der Waals surface area contributed by atoms with Gasteiger partial charge < -0.3 is 10.3 Å². The van der Waals surface area contributed by atoms with E-state index < -0.39 is 0 Å². The zero-order chi connectivity index (χ0) is 9.97. The van der Waals surface area contributed by atoms with E-state index in [1.807, 2.05) is 6.20 Å². The molecule has 1 aromatic rings. The number of imidazole rings is 1. The number of nitrogens with zero attached hydrogens (tertiary/aromatic N) is 1. The second-order valence-electron chi connectivity index (χ2n) is 4.51. The van der Waals surface area contributed by atoms with E-state index in [4.69, 9.17) is 0 Å². The number of hydrogen-bond donors (Lipinski definition) is 2. The van der Waals surface area contributed by atoms with Crippen molar-refractivity contribution in [3.8, 4) is 0 Å². The van der Waals surface area contributed by atoms with Crippen molar-refractivity contribution in [2.24, 2.45) is 5.92 Å². The molecule has 1 aliphatic rings.